The number of fused-ring (bicyclic) bond motifs is 3. The smallest absolute Gasteiger partial charge is 0.407 e. The van der Waals surface area contributed by atoms with Crippen LogP contribution in [0.3, 0.4) is 0 Å². The molecule has 184 valence electrons. The molecule has 0 unspecified atom stereocenters. The molecule has 0 aliphatic heterocycles. The van der Waals surface area contributed by atoms with Gasteiger partial charge in [0.05, 0.1) is 0 Å². The number of aliphatic carboxylic acids is 1. The Balaban J connectivity index is 1.30. The van der Waals surface area contributed by atoms with Crippen LogP contribution in [0.1, 0.15) is 49.7 Å². The van der Waals surface area contributed by atoms with Crippen molar-refractivity contribution in [2.75, 3.05) is 19.7 Å². The molecule has 2 aliphatic rings. The second-order valence-corrected chi connectivity index (χ2v) is 9.29. The lowest BCUT2D eigenvalue weighted by Gasteiger charge is -2.30. The molecule has 2 atom stereocenters. The van der Waals surface area contributed by atoms with E-state index in [-0.39, 0.29) is 42.4 Å². The Labute approximate surface area is 205 Å². The number of ether oxygens (including phenoxy) is 1. The Morgan fingerprint density at radius 3 is 2.26 bits per heavy atom. The van der Waals surface area contributed by atoms with Gasteiger partial charge in [-0.1, -0.05) is 67.4 Å². The van der Waals surface area contributed by atoms with Crippen LogP contribution in [-0.4, -0.2) is 42.8 Å². The van der Waals surface area contributed by atoms with E-state index in [0.717, 1.165) is 36.8 Å². The molecule has 2 aromatic carbocycles. The second-order valence-electron chi connectivity index (χ2n) is 9.29. The van der Waals surface area contributed by atoms with E-state index >= 15 is 0 Å². The van der Waals surface area contributed by atoms with Crippen molar-refractivity contribution in [2.45, 2.75) is 38.5 Å². The van der Waals surface area contributed by atoms with Gasteiger partial charge in [0, 0.05) is 30.5 Å². The molecule has 2 aromatic rings. The highest BCUT2D eigenvalue weighted by Crippen LogP contribution is 2.44. The first-order valence-electron chi connectivity index (χ1n) is 12.2. The van der Waals surface area contributed by atoms with Gasteiger partial charge in [0.25, 0.3) is 0 Å². The standard InChI is InChI=1S/C28H32N2O5/c1-18(27(32)33)14-15-29-26(31)20-9-3-2-8-19(20)16-30-28(34)35-17-25-23-12-6-4-10-21(23)22-11-5-7-13-24(22)25/h4-7,10-14,19-20,25H,2-3,8-9,15-17H2,1H3,(H,29,31)(H,30,34)(H,32,33)/b18-14+/t19-,20-/m0/s1. The monoisotopic (exact) mass is 476 g/mol. The van der Waals surface area contributed by atoms with E-state index in [9.17, 15) is 14.4 Å². The largest absolute Gasteiger partial charge is 0.478 e. The van der Waals surface area contributed by atoms with Crippen molar-refractivity contribution in [3.05, 3.63) is 71.3 Å². The highest BCUT2D eigenvalue weighted by atomic mass is 16.5. The molecule has 0 saturated heterocycles. The predicted molar refractivity (Wildman–Crippen MR) is 133 cm³/mol. The van der Waals surface area contributed by atoms with Gasteiger partial charge in [-0.05, 0) is 47.9 Å². The molecule has 2 amide bonds. The molecular formula is C28H32N2O5. The van der Waals surface area contributed by atoms with Gasteiger partial charge in [0.1, 0.15) is 6.61 Å². The summed E-state index contributed by atoms with van der Waals surface area (Å²) in [5.41, 5.74) is 4.89. The quantitative estimate of drug-likeness (QED) is 0.488. The number of rotatable bonds is 8. The van der Waals surface area contributed by atoms with Crippen LogP contribution in [0.5, 0.6) is 0 Å². The van der Waals surface area contributed by atoms with E-state index < -0.39 is 12.1 Å². The number of hydrogen-bond donors (Lipinski definition) is 3. The maximum atomic E-state index is 12.7. The van der Waals surface area contributed by atoms with Crippen LogP contribution in [-0.2, 0) is 14.3 Å². The highest BCUT2D eigenvalue weighted by molar-refractivity contribution is 5.86. The maximum absolute atomic E-state index is 12.7. The first-order chi connectivity index (χ1) is 17.0. The van der Waals surface area contributed by atoms with Gasteiger partial charge in [-0.3, -0.25) is 4.79 Å². The number of nitrogens with one attached hydrogen (secondary N) is 2. The lowest BCUT2D eigenvalue weighted by Crippen LogP contribution is -2.42. The van der Waals surface area contributed by atoms with E-state index in [1.807, 2.05) is 24.3 Å². The minimum Gasteiger partial charge on any atom is -0.478 e. The molecule has 35 heavy (non-hydrogen) atoms. The van der Waals surface area contributed by atoms with Gasteiger partial charge in [-0.2, -0.15) is 0 Å². The van der Waals surface area contributed by atoms with Crippen LogP contribution in [0.15, 0.2) is 60.2 Å². The lowest BCUT2D eigenvalue weighted by atomic mass is 9.78. The van der Waals surface area contributed by atoms with Crippen LogP contribution in [0.2, 0.25) is 0 Å². The predicted octanol–water partition coefficient (Wildman–Crippen LogP) is 4.48. The zero-order valence-electron chi connectivity index (χ0n) is 20.0. The van der Waals surface area contributed by atoms with Crippen molar-refractivity contribution in [1.29, 1.82) is 0 Å². The van der Waals surface area contributed by atoms with Crippen molar-refractivity contribution in [2.24, 2.45) is 11.8 Å². The van der Waals surface area contributed by atoms with E-state index in [2.05, 4.69) is 34.9 Å². The van der Waals surface area contributed by atoms with Gasteiger partial charge in [-0.25, -0.2) is 9.59 Å². The van der Waals surface area contributed by atoms with Gasteiger partial charge in [0.15, 0.2) is 0 Å². The van der Waals surface area contributed by atoms with E-state index in [1.54, 1.807) is 0 Å². The third-order valence-corrected chi connectivity index (χ3v) is 7.12. The van der Waals surface area contributed by atoms with E-state index in [1.165, 1.54) is 24.1 Å². The summed E-state index contributed by atoms with van der Waals surface area (Å²) in [4.78, 5) is 36.2. The first-order valence-corrected chi connectivity index (χ1v) is 12.2. The molecule has 7 nitrogen and oxygen atoms in total. The van der Waals surface area contributed by atoms with E-state index in [0.29, 0.717) is 6.54 Å². The molecule has 1 fully saturated rings. The topological polar surface area (TPSA) is 105 Å². The normalized spacial score (nSPS) is 19.4. The molecule has 1 saturated carbocycles. The highest BCUT2D eigenvalue weighted by Gasteiger charge is 2.32. The zero-order valence-corrected chi connectivity index (χ0v) is 20.0. The molecule has 4 rings (SSSR count). The number of carbonyl (C=O) groups excluding carboxylic acids is 2. The maximum Gasteiger partial charge on any atom is 0.407 e. The molecule has 0 aromatic heterocycles. The number of carbonyl (C=O) groups is 3. The molecular weight excluding hydrogens is 444 g/mol. The van der Waals surface area contributed by atoms with Crippen LogP contribution >= 0.6 is 0 Å². The molecule has 3 N–H and O–H groups in total. The number of carboxylic acid groups (broad SMARTS) is 1. The van der Waals surface area contributed by atoms with Crippen molar-refractivity contribution in [1.82, 2.24) is 10.6 Å². The minimum absolute atomic E-state index is 0.00340. The SMILES string of the molecule is C/C(=C\CNC(=O)[C@H]1CCCC[C@H]1CNC(=O)OCC1c2ccccc2-c2ccccc21)C(=O)O. The summed E-state index contributed by atoms with van der Waals surface area (Å²) in [6.45, 7) is 2.30. The molecule has 0 radical (unpaired) electrons. The van der Waals surface area contributed by atoms with Crippen molar-refractivity contribution in [3.8, 4) is 11.1 Å². The van der Waals surface area contributed by atoms with Gasteiger partial charge < -0.3 is 20.5 Å². The molecule has 0 spiro atoms. The molecule has 0 heterocycles. The third-order valence-electron chi connectivity index (χ3n) is 7.12. The van der Waals surface area contributed by atoms with Gasteiger partial charge in [-0.15, -0.1) is 0 Å². The van der Waals surface area contributed by atoms with Crippen LogP contribution in [0, 0.1) is 11.8 Å². The van der Waals surface area contributed by atoms with Crippen molar-refractivity contribution in [3.63, 3.8) is 0 Å². The van der Waals surface area contributed by atoms with Crippen LogP contribution in [0.4, 0.5) is 4.79 Å². The van der Waals surface area contributed by atoms with Crippen molar-refractivity contribution >= 4 is 18.0 Å². The fourth-order valence-corrected chi connectivity index (χ4v) is 5.18. The zero-order chi connectivity index (χ0) is 24.8. The second kappa shape index (κ2) is 11.2. The minimum atomic E-state index is -0.998. The Hall–Kier alpha value is -3.61. The summed E-state index contributed by atoms with van der Waals surface area (Å²) in [5.74, 6) is -1.28. The van der Waals surface area contributed by atoms with Crippen molar-refractivity contribution < 1.29 is 24.2 Å². The lowest BCUT2D eigenvalue weighted by molar-refractivity contribution is -0.132. The Bertz CT molecular complexity index is 1080. The van der Waals surface area contributed by atoms with E-state index in [4.69, 9.17) is 9.84 Å². The Morgan fingerprint density at radius 1 is 0.971 bits per heavy atom. The number of amides is 2. The average Bonchev–Trinajstić information content (AvgIpc) is 3.20. The Kier molecular flexibility index (Phi) is 7.85. The summed E-state index contributed by atoms with van der Waals surface area (Å²) in [6.07, 6.45) is 4.60. The Morgan fingerprint density at radius 2 is 1.60 bits per heavy atom. The first kappa shape index (κ1) is 24.5. The summed E-state index contributed by atoms with van der Waals surface area (Å²) in [6, 6.07) is 16.4. The van der Waals surface area contributed by atoms with Crippen LogP contribution in [0.25, 0.3) is 11.1 Å². The third kappa shape index (κ3) is 5.73. The fourth-order valence-electron chi connectivity index (χ4n) is 5.18. The average molecular weight is 477 g/mol. The molecule has 2 aliphatic carbocycles. The molecule has 7 heteroatoms. The van der Waals surface area contributed by atoms with Crippen LogP contribution < -0.4 is 10.6 Å². The van der Waals surface area contributed by atoms with Gasteiger partial charge >= 0.3 is 12.1 Å². The summed E-state index contributed by atoms with van der Waals surface area (Å²) >= 11 is 0. The number of alkyl carbamates (subject to hydrolysis) is 1. The summed E-state index contributed by atoms with van der Waals surface area (Å²) < 4.78 is 5.63. The molecule has 0 bridgehead atoms. The fraction of sp³-hybridized carbons (Fsp3) is 0.393. The number of carboxylic acids is 1. The number of hydrogen-bond acceptors (Lipinski definition) is 4. The summed E-state index contributed by atoms with van der Waals surface area (Å²) in [5, 5.41) is 14.6. The van der Waals surface area contributed by atoms with Gasteiger partial charge in [0.2, 0.25) is 5.91 Å². The summed E-state index contributed by atoms with van der Waals surface area (Å²) in [7, 11) is 0. The number of benzene rings is 2.